The van der Waals surface area contributed by atoms with Gasteiger partial charge in [0.05, 0.1) is 35.5 Å². The van der Waals surface area contributed by atoms with Gasteiger partial charge >= 0.3 is 23.9 Å². The van der Waals surface area contributed by atoms with Crippen LogP contribution in [0.4, 0.5) is 0 Å². The van der Waals surface area contributed by atoms with Gasteiger partial charge in [0.15, 0.2) is 0 Å². The van der Waals surface area contributed by atoms with Crippen LogP contribution >= 0.6 is 0 Å². The molecule has 5 aromatic rings. The number of benzene rings is 5. The lowest BCUT2D eigenvalue weighted by Gasteiger charge is -2.09. The zero-order valence-corrected chi connectivity index (χ0v) is 37.4. The van der Waals surface area contributed by atoms with E-state index >= 15 is 0 Å². The summed E-state index contributed by atoms with van der Waals surface area (Å²) in [5.41, 5.74) is 0.910. The molecule has 10 heteroatoms. The maximum atomic E-state index is 13.0. The molecule has 0 aliphatic heterocycles. The number of hydrogen-bond donors (Lipinski definition) is 0. The Labute approximate surface area is 378 Å². The van der Waals surface area contributed by atoms with E-state index in [0.29, 0.717) is 36.2 Å². The number of rotatable bonds is 28. The van der Waals surface area contributed by atoms with Crippen LogP contribution in [0.3, 0.4) is 0 Å². The second kappa shape index (κ2) is 27.6. The molecule has 0 atom stereocenters. The molecule has 0 saturated carbocycles. The quantitative estimate of drug-likeness (QED) is 0.0272. The van der Waals surface area contributed by atoms with E-state index in [2.05, 4.69) is 13.8 Å². The summed E-state index contributed by atoms with van der Waals surface area (Å²) in [5.74, 6) is -0.0355. The van der Waals surface area contributed by atoms with E-state index < -0.39 is 23.9 Å². The van der Waals surface area contributed by atoms with Crippen molar-refractivity contribution in [2.75, 3.05) is 13.2 Å². The summed E-state index contributed by atoms with van der Waals surface area (Å²) in [5, 5.41) is 0. The zero-order chi connectivity index (χ0) is 45.2. The first-order valence-electron chi connectivity index (χ1n) is 23.0. The zero-order valence-electron chi connectivity index (χ0n) is 37.4. The van der Waals surface area contributed by atoms with Crippen molar-refractivity contribution in [2.24, 2.45) is 0 Å². The van der Waals surface area contributed by atoms with E-state index in [-0.39, 0.29) is 33.8 Å². The third-order valence-electron chi connectivity index (χ3n) is 10.5. The summed E-state index contributed by atoms with van der Waals surface area (Å²) >= 11 is 0. The molecule has 5 aromatic carbocycles. The van der Waals surface area contributed by atoms with Gasteiger partial charge in [-0.2, -0.15) is 0 Å². The van der Waals surface area contributed by atoms with Crippen molar-refractivity contribution in [3.63, 3.8) is 0 Å². The minimum atomic E-state index is -0.674. The van der Waals surface area contributed by atoms with Crippen LogP contribution in [0.15, 0.2) is 121 Å². The van der Waals surface area contributed by atoms with Crippen LogP contribution in [0.2, 0.25) is 0 Å². The number of unbranched alkanes of at least 4 members (excludes halogenated alkanes) is 14. The Morgan fingerprint density at radius 1 is 0.312 bits per heavy atom. The Balaban J connectivity index is 1.00. The van der Waals surface area contributed by atoms with Crippen LogP contribution in [0, 0.1) is 0 Å². The molecule has 0 aliphatic rings. The van der Waals surface area contributed by atoms with Crippen LogP contribution in [0.25, 0.3) is 0 Å². The fourth-order valence-corrected chi connectivity index (χ4v) is 6.81. The maximum absolute atomic E-state index is 13.0. The molecule has 5 rings (SSSR count). The fraction of sp³-hybridized carbons (Fsp3) is 0.370. The van der Waals surface area contributed by atoms with Crippen LogP contribution < -0.4 is 28.4 Å². The highest BCUT2D eigenvalue weighted by Crippen LogP contribution is 2.24. The van der Waals surface area contributed by atoms with Gasteiger partial charge in [-0.1, -0.05) is 110 Å². The Morgan fingerprint density at radius 3 is 0.891 bits per heavy atom. The van der Waals surface area contributed by atoms with E-state index in [4.69, 9.17) is 28.4 Å². The number of carbonyl (C=O) groups excluding carboxylic acids is 4. The molecule has 0 aliphatic carbocycles. The molecule has 338 valence electrons. The van der Waals surface area contributed by atoms with E-state index in [1.807, 2.05) is 0 Å². The highest BCUT2D eigenvalue weighted by atomic mass is 16.6. The monoisotopic (exact) mass is 870 g/mol. The molecule has 0 saturated heterocycles. The van der Waals surface area contributed by atoms with Gasteiger partial charge in [0.2, 0.25) is 0 Å². The second-order valence-corrected chi connectivity index (χ2v) is 15.8. The SMILES string of the molecule is CCCCCCCCCCOc1ccc(OC(=O)c2ccc(C(=O)Oc3cccc(OC(=O)c4ccc(C(=O)Oc5ccc(OCCCCCCCCCC)cc5)cc4)c3)cc2)cc1. The highest BCUT2D eigenvalue weighted by molar-refractivity contribution is 5.96. The van der Waals surface area contributed by atoms with Gasteiger partial charge in [-0.3, -0.25) is 0 Å². The lowest BCUT2D eigenvalue weighted by atomic mass is 10.1. The van der Waals surface area contributed by atoms with Gasteiger partial charge in [0.25, 0.3) is 0 Å². The predicted octanol–water partition coefficient (Wildman–Crippen LogP) is 13.6. The molecular weight excluding hydrogens is 809 g/mol. The Bertz CT molecular complexity index is 2010. The van der Waals surface area contributed by atoms with Crippen molar-refractivity contribution in [1.82, 2.24) is 0 Å². The molecule has 0 heterocycles. The molecule has 0 spiro atoms. The Hall–Kier alpha value is -6.42. The smallest absolute Gasteiger partial charge is 0.343 e. The van der Waals surface area contributed by atoms with Crippen molar-refractivity contribution in [2.45, 2.75) is 117 Å². The molecule has 0 bridgehead atoms. The minimum Gasteiger partial charge on any atom is -0.494 e. The number of ether oxygens (including phenoxy) is 6. The summed E-state index contributed by atoms with van der Waals surface area (Å²) in [4.78, 5) is 51.5. The van der Waals surface area contributed by atoms with E-state index in [0.717, 1.165) is 25.7 Å². The van der Waals surface area contributed by atoms with Crippen molar-refractivity contribution in [3.8, 4) is 34.5 Å². The summed E-state index contributed by atoms with van der Waals surface area (Å²) < 4.78 is 33.8. The average Bonchev–Trinajstić information content (AvgIpc) is 3.31. The Kier molecular flexibility index (Phi) is 21.0. The van der Waals surface area contributed by atoms with Gasteiger partial charge in [0, 0.05) is 6.07 Å². The molecule has 0 unspecified atom stereocenters. The van der Waals surface area contributed by atoms with Crippen LogP contribution in [-0.2, 0) is 0 Å². The third kappa shape index (κ3) is 17.4. The fourth-order valence-electron chi connectivity index (χ4n) is 6.81. The molecule has 0 N–H and O–H groups in total. The third-order valence-corrected chi connectivity index (χ3v) is 10.5. The number of hydrogen-bond acceptors (Lipinski definition) is 10. The van der Waals surface area contributed by atoms with Crippen molar-refractivity contribution < 1.29 is 47.6 Å². The summed E-state index contributed by atoms with van der Waals surface area (Å²) in [7, 11) is 0. The van der Waals surface area contributed by atoms with E-state index in [1.54, 1.807) is 66.7 Å². The first-order valence-corrected chi connectivity index (χ1v) is 23.0. The Morgan fingerprint density at radius 2 is 0.578 bits per heavy atom. The molecule has 0 aromatic heterocycles. The van der Waals surface area contributed by atoms with Gasteiger partial charge in [-0.25, -0.2) is 19.2 Å². The van der Waals surface area contributed by atoms with Gasteiger partial charge in [-0.05, 0) is 122 Å². The summed E-state index contributed by atoms with van der Waals surface area (Å²) in [6.07, 6.45) is 19.7. The molecule has 64 heavy (non-hydrogen) atoms. The van der Waals surface area contributed by atoms with Gasteiger partial charge in [0.1, 0.15) is 34.5 Å². The molecular formula is C54H62O10. The largest absolute Gasteiger partial charge is 0.494 e. The van der Waals surface area contributed by atoms with Crippen LogP contribution in [0.1, 0.15) is 158 Å². The van der Waals surface area contributed by atoms with E-state index in [9.17, 15) is 19.2 Å². The number of esters is 4. The minimum absolute atomic E-state index is 0.144. The van der Waals surface area contributed by atoms with Gasteiger partial charge < -0.3 is 28.4 Å². The van der Waals surface area contributed by atoms with E-state index in [1.165, 1.54) is 132 Å². The molecule has 0 fully saturated rings. The average molecular weight is 871 g/mol. The standard InChI is InChI=1S/C54H62O10/c1-3-5-7-9-11-13-15-17-38-59-45-30-34-47(35-31-45)61-51(55)41-22-26-43(27-23-41)53(57)63-49-20-19-21-50(40-49)64-54(58)44-28-24-42(25-29-44)52(56)62-48-36-32-46(33-37-48)60-39-18-16-14-12-10-8-6-4-2/h19-37,40H,3-18,38-39H2,1-2H3. The first-order chi connectivity index (χ1) is 31.3. The molecule has 10 nitrogen and oxygen atoms in total. The lowest BCUT2D eigenvalue weighted by Crippen LogP contribution is -2.12. The van der Waals surface area contributed by atoms with Gasteiger partial charge in [-0.15, -0.1) is 0 Å². The summed E-state index contributed by atoms with van der Waals surface area (Å²) in [6, 6.07) is 31.7. The van der Waals surface area contributed by atoms with Crippen LogP contribution in [-0.4, -0.2) is 37.1 Å². The van der Waals surface area contributed by atoms with Crippen molar-refractivity contribution >= 4 is 23.9 Å². The molecule has 0 radical (unpaired) electrons. The normalized spacial score (nSPS) is 10.8. The predicted molar refractivity (Wildman–Crippen MR) is 248 cm³/mol. The summed E-state index contributed by atoms with van der Waals surface area (Å²) in [6.45, 7) is 5.75. The van der Waals surface area contributed by atoms with Crippen molar-refractivity contribution in [1.29, 1.82) is 0 Å². The first kappa shape index (κ1) is 48.6. The van der Waals surface area contributed by atoms with Crippen LogP contribution in [0.5, 0.6) is 34.5 Å². The van der Waals surface area contributed by atoms with Crippen molar-refractivity contribution in [3.05, 3.63) is 144 Å². The maximum Gasteiger partial charge on any atom is 0.343 e. The topological polar surface area (TPSA) is 124 Å². The lowest BCUT2D eigenvalue weighted by molar-refractivity contribution is 0.0714. The highest BCUT2D eigenvalue weighted by Gasteiger charge is 2.16. The molecule has 0 amide bonds. The number of carbonyl (C=O) groups is 4. The second-order valence-electron chi connectivity index (χ2n) is 15.8.